The van der Waals surface area contributed by atoms with Crippen LogP contribution in [0.3, 0.4) is 0 Å². The standard InChI is InChI=1S/C18H18ClFN4O2/c1-2-25-16-8-12(9-21-18-22-11-23-24-18)7-14(19)17(16)26-10-13-5-3-4-6-15(13)20/h3-8,11H,2,9-10H2,1H3,(H2,21,22,23,24). The van der Waals surface area contributed by atoms with Crippen LogP contribution in [0.1, 0.15) is 18.1 Å². The average Bonchev–Trinajstić information content (AvgIpc) is 3.14. The molecule has 0 unspecified atom stereocenters. The van der Waals surface area contributed by atoms with Crippen molar-refractivity contribution in [3.8, 4) is 11.5 Å². The molecule has 3 aromatic rings. The maximum atomic E-state index is 13.8. The van der Waals surface area contributed by atoms with E-state index in [2.05, 4.69) is 20.5 Å². The van der Waals surface area contributed by atoms with Crippen LogP contribution in [0.25, 0.3) is 0 Å². The van der Waals surface area contributed by atoms with Crippen LogP contribution in [0.5, 0.6) is 11.5 Å². The zero-order valence-electron chi connectivity index (χ0n) is 14.1. The van der Waals surface area contributed by atoms with Crippen molar-refractivity contribution in [3.05, 3.63) is 64.7 Å². The Balaban J connectivity index is 1.76. The monoisotopic (exact) mass is 376 g/mol. The number of ether oxygens (including phenoxy) is 2. The highest BCUT2D eigenvalue weighted by Gasteiger charge is 2.14. The van der Waals surface area contributed by atoms with Gasteiger partial charge >= 0.3 is 0 Å². The Labute approximate surface area is 155 Å². The van der Waals surface area contributed by atoms with Gasteiger partial charge in [0.15, 0.2) is 11.5 Å². The summed E-state index contributed by atoms with van der Waals surface area (Å²) in [5, 5.41) is 9.97. The topological polar surface area (TPSA) is 72.1 Å². The van der Waals surface area contributed by atoms with Crippen LogP contribution in [0.2, 0.25) is 5.02 Å². The summed E-state index contributed by atoms with van der Waals surface area (Å²) in [6.07, 6.45) is 1.42. The Hall–Kier alpha value is -2.80. The molecular formula is C18H18ClFN4O2. The van der Waals surface area contributed by atoms with Gasteiger partial charge in [-0.15, -0.1) is 0 Å². The van der Waals surface area contributed by atoms with Crippen molar-refractivity contribution in [1.82, 2.24) is 15.2 Å². The minimum atomic E-state index is -0.325. The number of rotatable bonds is 8. The second kappa shape index (κ2) is 8.53. The van der Waals surface area contributed by atoms with E-state index < -0.39 is 0 Å². The second-order valence-electron chi connectivity index (χ2n) is 5.41. The number of nitrogens with zero attached hydrogens (tertiary/aromatic N) is 2. The molecule has 0 radical (unpaired) electrons. The highest BCUT2D eigenvalue weighted by molar-refractivity contribution is 6.32. The minimum absolute atomic E-state index is 0.0577. The predicted octanol–water partition coefficient (Wildman–Crippen LogP) is 4.19. The van der Waals surface area contributed by atoms with E-state index in [9.17, 15) is 4.39 Å². The van der Waals surface area contributed by atoms with E-state index in [0.29, 0.717) is 41.2 Å². The molecule has 0 amide bonds. The zero-order valence-corrected chi connectivity index (χ0v) is 14.9. The lowest BCUT2D eigenvalue weighted by molar-refractivity contribution is 0.266. The molecule has 3 rings (SSSR count). The second-order valence-corrected chi connectivity index (χ2v) is 5.81. The summed E-state index contributed by atoms with van der Waals surface area (Å²) in [5.41, 5.74) is 1.33. The van der Waals surface area contributed by atoms with Crippen molar-refractivity contribution >= 4 is 17.5 Å². The molecule has 1 heterocycles. The average molecular weight is 377 g/mol. The molecule has 0 atom stereocenters. The number of aromatic amines is 1. The lowest BCUT2D eigenvalue weighted by atomic mass is 10.2. The minimum Gasteiger partial charge on any atom is -0.490 e. The van der Waals surface area contributed by atoms with Crippen molar-refractivity contribution in [2.24, 2.45) is 0 Å². The zero-order chi connectivity index (χ0) is 18.4. The van der Waals surface area contributed by atoms with Crippen molar-refractivity contribution in [3.63, 3.8) is 0 Å². The summed E-state index contributed by atoms with van der Waals surface area (Å²) in [6.45, 7) is 2.85. The van der Waals surface area contributed by atoms with Crippen LogP contribution in [0.15, 0.2) is 42.7 Å². The largest absolute Gasteiger partial charge is 0.490 e. The van der Waals surface area contributed by atoms with Gasteiger partial charge < -0.3 is 14.8 Å². The summed E-state index contributed by atoms with van der Waals surface area (Å²) >= 11 is 6.37. The number of anilines is 1. The Bertz CT molecular complexity index is 858. The molecule has 1 aromatic heterocycles. The molecule has 0 bridgehead atoms. The fraction of sp³-hybridized carbons (Fsp3) is 0.222. The number of hydrogen-bond acceptors (Lipinski definition) is 5. The quantitative estimate of drug-likeness (QED) is 0.616. The molecule has 2 aromatic carbocycles. The Kier molecular flexibility index (Phi) is 5.91. The Morgan fingerprint density at radius 2 is 2.08 bits per heavy atom. The van der Waals surface area contributed by atoms with Gasteiger partial charge in [0.05, 0.1) is 11.6 Å². The van der Waals surface area contributed by atoms with Crippen LogP contribution in [0, 0.1) is 5.82 Å². The van der Waals surface area contributed by atoms with Gasteiger partial charge in [-0.1, -0.05) is 29.8 Å². The van der Waals surface area contributed by atoms with E-state index >= 15 is 0 Å². The van der Waals surface area contributed by atoms with Crippen LogP contribution < -0.4 is 14.8 Å². The third-order valence-electron chi connectivity index (χ3n) is 3.57. The van der Waals surface area contributed by atoms with Gasteiger partial charge in [-0.05, 0) is 30.7 Å². The van der Waals surface area contributed by atoms with Gasteiger partial charge in [-0.25, -0.2) is 14.5 Å². The Morgan fingerprint density at radius 1 is 1.23 bits per heavy atom. The summed E-state index contributed by atoms with van der Waals surface area (Å²) in [5.74, 6) is 1.12. The number of aromatic nitrogens is 3. The van der Waals surface area contributed by atoms with E-state index in [1.807, 2.05) is 13.0 Å². The smallest absolute Gasteiger partial charge is 0.218 e. The number of benzene rings is 2. The third kappa shape index (κ3) is 4.43. The maximum absolute atomic E-state index is 13.8. The summed E-state index contributed by atoms with van der Waals surface area (Å²) in [6, 6.07) is 10.0. The first kappa shape index (κ1) is 18.0. The summed E-state index contributed by atoms with van der Waals surface area (Å²) in [7, 11) is 0. The number of H-pyrrole nitrogens is 1. The molecule has 0 spiro atoms. The van der Waals surface area contributed by atoms with Crippen molar-refractivity contribution < 1.29 is 13.9 Å². The van der Waals surface area contributed by atoms with Gasteiger partial charge in [-0.3, -0.25) is 0 Å². The predicted molar refractivity (Wildman–Crippen MR) is 97.1 cm³/mol. The van der Waals surface area contributed by atoms with E-state index in [0.717, 1.165) is 5.56 Å². The first-order valence-electron chi connectivity index (χ1n) is 8.08. The highest BCUT2D eigenvalue weighted by Crippen LogP contribution is 2.37. The molecule has 26 heavy (non-hydrogen) atoms. The molecule has 0 saturated carbocycles. The van der Waals surface area contributed by atoms with Crippen LogP contribution in [-0.2, 0) is 13.2 Å². The molecule has 0 saturated heterocycles. The van der Waals surface area contributed by atoms with Crippen molar-refractivity contribution in [1.29, 1.82) is 0 Å². The highest BCUT2D eigenvalue weighted by atomic mass is 35.5. The molecule has 8 heteroatoms. The fourth-order valence-corrected chi connectivity index (χ4v) is 2.66. The first-order valence-corrected chi connectivity index (χ1v) is 8.45. The first-order chi connectivity index (χ1) is 12.7. The lowest BCUT2D eigenvalue weighted by Crippen LogP contribution is -2.05. The molecular weight excluding hydrogens is 359 g/mol. The normalized spacial score (nSPS) is 10.6. The number of nitrogens with one attached hydrogen (secondary N) is 2. The van der Waals surface area contributed by atoms with Gasteiger partial charge in [0.25, 0.3) is 0 Å². The van der Waals surface area contributed by atoms with Crippen LogP contribution >= 0.6 is 11.6 Å². The molecule has 6 nitrogen and oxygen atoms in total. The van der Waals surface area contributed by atoms with Gasteiger partial charge in [0.1, 0.15) is 18.8 Å². The molecule has 0 aliphatic heterocycles. The summed E-state index contributed by atoms with van der Waals surface area (Å²) < 4.78 is 25.2. The van der Waals surface area contributed by atoms with Crippen LogP contribution in [0.4, 0.5) is 10.3 Å². The maximum Gasteiger partial charge on any atom is 0.218 e. The lowest BCUT2D eigenvalue weighted by Gasteiger charge is -2.16. The molecule has 2 N–H and O–H groups in total. The van der Waals surface area contributed by atoms with Gasteiger partial charge in [-0.2, -0.15) is 5.10 Å². The molecule has 0 aliphatic rings. The summed E-state index contributed by atoms with van der Waals surface area (Å²) in [4.78, 5) is 4.00. The Morgan fingerprint density at radius 3 is 2.81 bits per heavy atom. The van der Waals surface area contributed by atoms with Crippen molar-refractivity contribution in [2.75, 3.05) is 11.9 Å². The van der Waals surface area contributed by atoms with E-state index in [1.54, 1.807) is 24.3 Å². The SMILES string of the molecule is CCOc1cc(CNc2ncn[nH]2)cc(Cl)c1OCc1ccccc1F. The van der Waals surface area contributed by atoms with Crippen LogP contribution in [-0.4, -0.2) is 21.8 Å². The van der Waals surface area contributed by atoms with E-state index in [-0.39, 0.29) is 12.4 Å². The third-order valence-corrected chi connectivity index (χ3v) is 3.85. The van der Waals surface area contributed by atoms with Gasteiger partial charge in [0, 0.05) is 12.1 Å². The molecule has 136 valence electrons. The van der Waals surface area contributed by atoms with E-state index in [1.165, 1.54) is 12.4 Å². The van der Waals surface area contributed by atoms with Crippen molar-refractivity contribution in [2.45, 2.75) is 20.1 Å². The molecule has 0 aliphatic carbocycles. The van der Waals surface area contributed by atoms with Gasteiger partial charge in [0.2, 0.25) is 5.95 Å². The fourth-order valence-electron chi connectivity index (χ4n) is 2.37. The molecule has 0 fully saturated rings. The van der Waals surface area contributed by atoms with E-state index in [4.69, 9.17) is 21.1 Å². The number of halogens is 2. The number of hydrogen-bond donors (Lipinski definition) is 2.